The monoisotopic (exact) mass is 390 g/mol. The van der Waals surface area contributed by atoms with Crippen LogP contribution in [-0.2, 0) is 4.79 Å². The number of carbonyl (C=O) groups is 1. The lowest BCUT2D eigenvalue weighted by molar-refractivity contribution is -0.132. The molecule has 0 spiro atoms. The second-order valence-electron chi connectivity index (χ2n) is 6.54. The number of halogens is 3. The van der Waals surface area contributed by atoms with Crippen LogP contribution in [0.5, 0.6) is 0 Å². The van der Waals surface area contributed by atoms with E-state index in [4.69, 9.17) is 16.0 Å². The molecule has 4 nitrogen and oxygen atoms in total. The minimum atomic E-state index is -0.633. The standard InChI is InChI=1S/C20H17ClF2N2O2/c21-8-7-19(26)25-9-1-2-17(25)20-24-16-10-12(3-6-18(16)27-20)14-5-4-13(22)11-15(14)23/h3-6,10-11,17H,1-2,7-9H2/t17-/m0/s1. The molecule has 1 aliphatic heterocycles. The maximum atomic E-state index is 14.1. The van der Waals surface area contributed by atoms with Gasteiger partial charge in [-0.05, 0) is 42.7 Å². The number of amides is 1. The molecule has 0 N–H and O–H groups in total. The van der Waals surface area contributed by atoms with Crippen LogP contribution in [0.25, 0.3) is 22.2 Å². The van der Waals surface area contributed by atoms with Gasteiger partial charge in [0.05, 0.1) is 0 Å². The molecule has 3 aromatic rings. The summed E-state index contributed by atoms with van der Waals surface area (Å²) in [6.45, 7) is 0.658. The van der Waals surface area contributed by atoms with Gasteiger partial charge in [0, 0.05) is 30.5 Å². The highest BCUT2D eigenvalue weighted by Gasteiger charge is 2.33. The molecule has 0 unspecified atom stereocenters. The summed E-state index contributed by atoms with van der Waals surface area (Å²) in [5, 5.41) is 0. The molecule has 1 atom stereocenters. The highest BCUT2D eigenvalue weighted by Crippen LogP contribution is 2.35. The first kappa shape index (κ1) is 17.9. The summed E-state index contributed by atoms with van der Waals surface area (Å²) in [6, 6.07) is 8.39. The number of hydrogen-bond acceptors (Lipinski definition) is 3. The number of benzene rings is 2. The van der Waals surface area contributed by atoms with E-state index in [1.807, 2.05) is 0 Å². The van der Waals surface area contributed by atoms with Gasteiger partial charge in [0.1, 0.15) is 23.2 Å². The van der Waals surface area contributed by atoms with Crippen molar-refractivity contribution in [3.63, 3.8) is 0 Å². The Kier molecular flexibility index (Phi) is 4.83. The first-order valence-corrected chi connectivity index (χ1v) is 9.31. The van der Waals surface area contributed by atoms with Crippen LogP contribution in [0, 0.1) is 11.6 Å². The predicted molar refractivity (Wildman–Crippen MR) is 98.4 cm³/mol. The predicted octanol–water partition coefficient (Wildman–Crippen LogP) is 5.07. The molecule has 140 valence electrons. The zero-order valence-electron chi connectivity index (χ0n) is 14.4. The largest absolute Gasteiger partial charge is 0.438 e. The maximum absolute atomic E-state index is 14.1. The number of aromatic nitrogens is 1. The number of hydrogen-bond donors (Lipinski definition) is 0. The van der Waals surface area contributed by atoms with E-state index in [2.05, 4.69) is 4.98 Å². The quantitative estimate of drug-likeness (QED) is 0.584. The molecule has 0 saturated carbocycles. The lowest BCUT2D eigenvalue weighted by atomic mass is 10.0. The van der Waals surface area contributed by atoms with E-state index in [1.165, 1.54) is 12.1 Å². The zero-order chi connectivity index (χ0) is 19.0. The molecular weight excluding hydrogens is 374 g/mol. The Morgan fingerprint density at radius 1 is 1.26 bits per heavy atom. The number of rotatable bonds is 4. The van der Waals surface area contributed by atoms with Gasteiger partial charge in [-0.1, -0.05) is 6.07 Å². The van der Waals surface area contributed by atoms with E-state index in [0.717, 1.165) is 18.9 Å². The molecule has 1 aromatic heterocycles. The number of carbonyl (C=O) groups excluding carboxylic acids is 1. The minimum Gasteiger partial charge on any atom is -0.438 e. The summed E-state index contributed by atoms with van der Waals surface area (Å²) in [5.74, 6) is -0.510. The van der Waals surface area contributed by atoms with Gasteiger partial charge in [-0.25, -0.2) is 13.8 Å². The number of oxazole rings is 1. The maximum Gasteiger partial charge on any atom is 0.224 e. The second-order valence-corrected chi connectivity index (χ2v) is 6.92. The summed E-state index contributed by atoms with van der Waals surface area (Å²) in [7, 11) is 0. The van der Waals surface area contributed by atoms with Crippen molar-refractivity contribution in [1.29, 1.82) is 0 Å². The molecule has 0 radical (unpaired) electrons. The lowest BCUT2D eigenvalue weighted by Crippen LogP contribution is -2.30. The highest BCUT2D eigenvalue weighted by molar-refractivity contribution is 6.18. The molecular formula is C20H17ClF2N2O2. The van der Waals surface area contributed by atoms with Gasteiger partial charge in [0.2, 0.25) is 11.8 Å². The summed E-state index contributed by atoms with van der Waals surface area (Å²) in [4.78, 5) is 18.5. The Morgan fingerprint density at radius 3 is 2.89 bits per heavy atom. The Bertz CT molecular complexity index is 1000. The summed E-state index contributed by atoms with van der Waals surface area (Å²) >= 11 is 5.69. The number of fused-ring (bicyclic) bond motifs is 1. The van der Waals surface area contributed by atoms with Gasteiger partial charge in [0.25, 0.3) is 0 Å². The molecule has 1 fully saturated rings. The third kappa shape index (κ3) is 3.41. The fourth-order valence-corrected chi connectivity index (χ4v) is 3.69. The van der Waals surface area contributed by atoms with Crippen LogP contribution in [0.4, 0.5) is 8.78 Å². The summed E-state index contributed by atoms with van der Waals surface area (Å²) < 4.78 is 33.1. The number of nitrogens with zero attached hydrogens (tertiary/aromatic N) is 2. The Hall–Kier alpha value is -2.47. The van der Waals surface area contributed by atoms with Crippen molar-refractivity contribution in [2.45, 2.75) is 25.3 Å². The third-order valence-electron chi connectivity index (χ3n) is 4.81. The van der Waals surface area contributed by atoms with Crippen LogP contribution >= 0.6 is 11.6 Å². The van der Waals surface area contributed by atoms with Crippen LogP contribution < -0.4 is 0 Å². The molecule has 4 rings (SSSR count). The van der Waals surface area contributed by atoms with E-state index in [1.54, 1.807) is 23.1 Å². The van der Waals surface area contributed by atoms with Crippen molar-refractivity contribution in [3.05, 3.63) is 53.9 Å². The molecule has 2 heterocycles. The molecule has 27 heavy (non-hydrogen) atoms. The van der Waals surface area contributed by atoms with Gasteiger partial charge >= 0.3 is 0 Å². The average molecular weight is 391 g/mol. The van der Waals surface area contributed by atoms with Crippen molar-refractivity contribution >= 4 is 28.6 Å². The number of likely N-dealkylation sites (tertiary alicyclic amines) is 1. The van der Waals surface area contributed by atoms with E-state index >= 15 is 0 Å². The Balaban J connectivity index is 1.68. The number of alkyl halides is 1. The van der Waals surface area contributed by atoms with E-state index in [0.29, 0.717) is 34.7 Å². The first-order chi connectivity index (χ1) is 13.1. The van der Waals surface area contributed by atoms with E-state index in [-0.39, 0.29) is 24.2 Å². The third-order valence-corrected chi connectivity index (χ3v) is 5.00. The van der Waals surface area contributed by atoms with Crippen LogP contribution in [0.1, 0.15) is 31.2 Å². The van der Waals surface area contributed by atoms with Crippen molar-refractivity contribution in [2.75, 3.05) is 12.4 Å². The van der Waals surface area contributed by atoms with Crippen LogP contribution in [-0.4, -0.2) is 28.2 Å². The fraction of sp³-hybridized carbons (Fsp3) is 0.300. The van der Waals surface area contributed by atoms with Crippen LogP contribution in [0.3, 0.4) is 0 Å². The van der Waals surface area contributed by atoms with Gasteiger partial charge in [-0.2, -0.15) is 0 Å². The van der Waals surface area contributed by atoms with Gasteiger partial charge in [-0.15, -0.1) is 11.6 Å². The van der Waals surface area contributed by atoms with E-state index in [9.17, 15) is 13.6 Å². The highest BCUT2D eigenvalue weighted by atomic mass is 35.5. The summed E-state index contributed by atoms with van der Waals surface area (Å²) in [6.07, 6.45) is 1.94. The van der Waals surface area contributed by atoms with Crippen molar-refractivity contribution in [2.24, 2.45) is 0 Å². The van der Waals surface area contributed by atoms with Crippen molar-refractivity contribution < 1.29 is 18.0 Å². The van der Waals surface area contributed by atoms with Crippen molar-refractivity contribution in [3.8, 4) is 11.1 Å². The molecule has 0 aliphatic carbocycles. The fourth-order valence-electron chi connectivity index (χ4n) is 3.53. The molecule has 2 aromatic carbocycles. The lowest BCUT2D eigenvalue weighted by Gasteiger charge is -2.21. The molecule has 7 heteroatoms. The molecule has 1 amide bonds. The van der Waals surface area contributed by atoms with Gasteiger partial charge < -0.3 is 9.32 Å². The smallest absolute Gasteiger partial charge is 0.224 e. The van der Waals surface area contributed by atoms with Crippen molar-refractivity contribution in [1.82, 2.24) is 9.88 Å². The summed E-state index contributed by atoms with van der Waals surface area (Å²) in [5.41, 5.74) is 2.01. The Labute approximate surface area is 159 Å². The molecule has 1 saturated heterocycles. The Morgan fingerprint density at radius 2 is 2.11 bits per heavy atom. The molecule has 1 aliphatic rings. The zero-order valence-corrected chi connectivity index (χ0v) is 15.2. The normalized spacial score (nSPS) is 17.0. The van der Waals surface area contributed by atoms with Crippen LogP contribution in [0.2, 0.25) is 0 Å². The molecule has 0 bridgehead atoms. The minimum absolute atomic E-state index is 0.0103. The average Bonchev–Trinajstić information content (AvgIpc) is 3.28. The van der Waals surface area contributed by atoms with Gasteiger partial charge in [0.15, 0.2) is 5.58 Å². The second kappa shape index (κ2) is 7.27. The van der Waals surface area contributed by atoms with E-state index < -0.39 is 11.6 Å². The van der Waals surface area contributed by atoms with Gasteiger partial charge in [-0.3, -0.25) is 4.79 Å². The van der Waals surface area contributed by atoms with Crippen LogP contribution in [0.15, 0.2) is 40.8 Å². The SMILES string of the molecule is O=C(CCCl)N1CCC[C@H]1c1nc2cc(-c3ccc(F)cc3F)ccc2o1. The topological polar surface area (TPSA) is 46.3 Å². The first-order valence-electron chi connectivity index (χ1n) is 8.78.